The van der Waals surface area contributed by atoms with Gasteiger partial charge in [-0.2, -0.15) is 0 Å². The molecule has 25 heavy (non-hydrogen) atoms. The summed E-state index contributed by atoms with van der Waals surface area (Å²) in [6.07, 6.45) is 3.01. The lowest BCUT2D eigenvalue weighted by molar-refractivity contribution is -0.122. The van der Waals surface area contributed by atoms with Crippen LogP contribution in [0, 0.1) is 0 Å². The Morgan fingerprint density at radius 3 is 2.64 bits per heavy atom. The van der Waals surface area contributed by atoms with E-state index in [1.807, 2.05) is 43.3 Å². The number of carbonyl (C=O) groups excluding carboxylic acids is 1. The topological polar surface area (TPSA) is 64.0 Å². The molecular weight excluding hydrogens is 314 g/mol. The van der Waals surface area contributed by atoms with E-state index in [4.69, 9.17) is 0 Å². The van der Waals surface area contributed by atoms with E-state index >= 15 is 0 Å². The number of aromatic nitrogens is 2. The van der Waals surface area contributed by atoms with Crippen LogP contribution in [0.3, 0.4) is 0 Å². The minimum absolute atomic E-state index is 0.00244. The molecule has 3 aromatic rings. The quantitative estimate of drug-likeness (QED) is 0.753. The van der Waals surface area contributed by atoms with Crippen LogP contribution in [0.15, 0.2) is 65.6 Å². The monoisotopic (exact) mass is 335 g/mol. The molecule has 0 aliphatic carbocycles. The molecular formula is C20H21N3O2. The zero-order chi connectivity index (χ0) is 17.6. The number of rotatable bonds is 6. The van der Waals surface area contributed by atoms with E-state index in [9.17, 15) is 9.59 Å². The van der Waals surface area contributed by atoms with Crippen molar-refractivity contribution in [2.75, 3.05) is 0 Å². The third-order valence-corrected chi connectivity index (χ3v) is 4.17. The van der Waals surface area contributed by atoms with E-state index in [-0.39, 0.29) is 24.1 Å². The molecule has 5 heteroatoms. The van der Waals surface area contributed by atoms with Gasteiger partial charge in [0.05, 0.1) is 17.2 Å². The molecule has 1 aromatic heterocycles. The maximum absolute atomic E-state index is 12.3. The number of hydrogen-bond donors (Lipinski definition) is 1. The summed E-state index contributed by atoms with van der Waals surface area (Å²) in [5.41, 5.74) is 2.35. The van der Waals surface area contributed by atoms with Crippen LogP contribution in [0.2, 0.25) is 0 Å². The average molecular weight is 335 g/mol. The molecule has 0 radical (unpaired) electrons. The summed E-state index contributed by atoms with van der Waals surface area (Å²) < 4.78 is 1.46. The lowest BCUT2D eigenvalue weighted by Gasteiger charge is -2.15. The molecule has 0 saturated carbocycles. The van der Waals surface area contributed by atoms with Gasteiger partial charge < -0.3 is 5.32 Å². The van der Waals surface area contributed by atoms with E-state index in [1.54, 1.807) is 6.07 Å². The Hall–Kier alpha value is -2.95. The standard InChI is InChI=1S/C20H21N3O2/c1-15(11-12-16-7-3-2-4-8-16)22-19(24)14-23-18-10-6-5-9-17(18)21-13-20(23)25/h2-10,13,15H,11-12,14H2,1H3,(H,22,24)/t15-/m1/s1. The summed E-state index contributed by atoms with van der Waals surface area (Å²) >= 11 is 0. The molecule has 0 aliphatic heterocycles. The molecule has 3 rings (SSSR count). The molecule has 2 aromatic carbocycles. The van der Waals surface area contributed by atoms with Gasteiger partial charge in [-0.3, -0.25) is 14.2 Å². The lowest BCUT2D eigenvalue weighted by Crippen LogP contribution is -2.37. The fourth-order valence-corrected chi connectivity index (χ4v) is 2.84. The Kier molecular flexibility index (Phi) is 5.23. The highest BCUT2D eigenvalue weighted by molar-refractivity contribution is 5.80. The van der Waals surface area contributed by atoms with Crippen molar-refractivity contribution < 1.29 is 4.79 Å². The van der Waals surface area contributed by atoms with Crippen molar-refractivity contribution in [2.24, 2.45) is 0 Å². The van der Waals surface area contributed by atoms with Gasteiger partial charge in [-0.05, 0) is 37.5 Å². The highest BCUT2D eigenvalue weighted by atomic mass is 16.2. The van der Waals surface area contributed by atoms with Crippen molar-refractivity contribution in [1.82, 2.24) is 14.9 Å². The second-order valence-electron chi connectivity index (χ2n) is 6.16. The van der Waals surface area contributed by atoms with Crippen molar-refractivity contribution in [3.63, 3.8) is 0 Å². The molecule has 1 N–H and O–H groups in total. The van der Waals surface area contributed by atoms with Crippen LogP contribution in [-0.4, -0.2) is 21.5 Å². The molecule has 0 fully saturated rings. The van der Waals surface area contributed by atoms with Crippen LogP contribution in [0.4, 0.5) is 0 Å². The molecule has 0 spiro atoms. The van der Waals surface area contributed by atoms with Crippen LogP contribution in [-0.2, 0) is 17.8 Å². The number of fused-ring (bicyclic) bond motifs is 1. The molecule has 1 heterocycles. The van der Waals surface area contributed by atoms with Crippen LogP contribution < -0.4 is 10.9 Å². The maximum atomic E-state index is 12.3. The Labute approximate surface area is 146 Å². The van der Waals surface area contributed by atoms with Crippen LogP contribution >= 0.6 is 0 Å². The summed E-state index contributed by atoms with van der Waals surface area (Å²) in [6.45, 7) is 1.98. The minimum atomic E-state index is -0.272. The number of hydrogen-bond acceptors (Lipinski definition) is 3. The Morgan fingerprint density at radius 2 is 1.84 bits per heavy atom. The molecule has 5 nitrogen and oxygen atoms in total. The van der Waals surface area contributed by atoms with E-state index in [2.05, 4.69) is 22.4 Å². The molecule has 128 valence electrons. The zero-order valence-corrected chi connectivity index (χ0v) is 14.2. The van der Waals surface area contributed by atoms with Gasteiger partial charge in [-0.15, -0.1) is 0 Å². The van der Waals surface area contributed by atoms with E-state index in [0.717, 1.165) is 12.8 Å². The van der Waals surface area contributed by atoms with Gasteiger partial charge >= 0.3 is 0 Å². The number of para-hydroxylation sites is 2. The fraction of sp³-hybridized carbons (Fsp3) is 0.250. The molecule has 0 aliphatic rings. The number of aryl methyl sites for hydroxylation is 1. The smallest absolute Gasteiger partial charge is 0.269 e. The summed E-state index contributed by atoms with van der Waals surface area (Å²) in [5, 5.41) is 2.97. The summed E-state index contributed by atoms with van der Waals surface area (Å²) in [6, 6.07) is 17.5. The van der Waals surface area contributed by atoms with Gasteiger partial charge in [0.2, 0.25) is 5.91 Å². The highest BCUT2D eigenvalue weighted by Gasteiger charge is 2.11. The molecule has 1 atom stereocenters. The molecule has 0 saturated heterocycles. The number of nitrogens with zero attached hydrogens (tertiary/aromatic N) is 2. The summed E-state index contributed by atoms with van der Waals surface area (Å²) in [4.78, 5) is 28.5. The molecule has 0 unspecified atom stereocenters. The van der Waals surface area contributed by atoms with Gasteiger partial charge in [0, 0.05) is 6.04 Å². The normalized spacial score (nSPS) is 12.0. The van der Waals surface area contributed by atoms with Gasteiger partial charge in [0.15, 0.2) is 0 Å². The predicted octanol–water partition coefficient (Wildman–Crippen LogP) is 2.53. The van der Waals surface area contributed by atoms with Crippen LogP contribution in [0.25, 0.3) is 11.0 Å². The number of benzene rings is 2. The Bertz CT molecular complexity index is 919. The van der Waals surface area contributed by atoms with Gasteiger partial charge in [0.1, 0.15) is 6.54 Å². The Balaban J connectivity index is 1.63. The summed E-state index contributed by atoms with van der Waals surface area (Å²) in [7, 11) is 0. The lowest BCUT2D eigenvalue weighted by atomic mass is 10.1. The summed E-state index contributed by atoms with van der Waals surface area (Å²) in [5.74, 6) is -0.168. The van der Waals surface area contributed by atoms with Crippen molar-refractivity contribution in [3.05, 3.63) is 76.7 Å². The maximum Gasteiger partial charge on any atom is 0.269 e. The predicted molar refractivity (Wildman–Crippen MR) is 98.4 cm³/mol. The van der Waals surface area contributed by atoms with Crippen molar-refractivity contribution in [3.8, 4) is 0 Å². The highest BCUT2D eigenvalue weighted by Crippen LogP contribution is 2.08. The Morgan fingerprint density at radius 1 is 1.12 bits per heavy atom. The SMILES string of the molecule is C[C@H](CCc1ccccc1)NC(=O)Cn1c(=O)cnc2ccccc21. The second-order valence-corrected chi connectivity index (χ2v) is 6.16. The van der Waals surface area contributed by atoms with E-state index in [0.29, 0.717) is 11.0 Å². The van der Waals surface area contributed by atoms with Crippen LogP contribution in [0.5, 0.6) is 0 Å². The van der Waals surface area contributed by atoms with Gasteiger partial charge in [0.25, 0.3) is 5.56 Å². The molecule has 1 amide bonds. The van der Waals surface area contributed by atoms with E-state index < -0.39 is 0 Å². The van der Waals surface area contributed by atoms with Crippen molar-refractivity contribution in [2.45, 2.75) is 32.4 Å². The third-order valence-electron chi connectivity index (χ3n) is 4.17. The molecule has 0 bridgehead atoms. The first-order chi connectivity index (χ1) is 12.1. The van der Waals surface area contributed by atoms with E-state index in [1.165, 1.54) is 16.3 Å². The number of amides is 1. The first-order valence-corrected chi connectivity index (χ1v) is 8.41. The largest absolute Gasteiger partial charge is 0.352 e. The van der Waals surface area contributed by atoms with Crippen molar-refractivity contribution >= 4 is 16.9 Å². The fourth-order valence-electron chi connectivity index (χ4n) is 2.84. The van der Waals surface area contributed by atoms with Crippen molar-refractivity contribution in [1.29, 1.82) is 0 Å². The van der Waals surface area contributed by atoms with Gasteiger partial charge in [-0.1, -0.05) is 42.5 Å². The number of carbonyl (C=O) groups is 1. The minimum Gasteiger partial charge on any atom is -0.352 e. The average Bonchev–Trinajstić information content (AvgIpc) is 2.63. The zero-order valence-electron chi connectivity index (χ0n) is 14.2. The first kappa shape index (κ1) is 16.9. The third kappa shape index (κ3) is 4.32. The van der Waals surface area contributed by atoms with Gasteiger partial charge in [-0.25, -0.2) is 4.98 Å². The van der Waals surface area contributed by atoms with Crippen LogP contribution in [0.1, 0.15) is 18.9 Å². The number of nitrogens with one attached hydrogen (secondary N) is 1. The first-order valence-electron chi connectivity index (χ1n) is 8.41. The second kappa shape index (κ2) is 7.75.